The summed E-state index contributed by atoms with van der Waals surface area (Å²) in [6.07, 6.45) is 2.98. The molecule has 0 aromatic carbocycles. The third kappa shape index (κ3) is 4.10. The highest BCUT2D eigenvalue weighted by molar-refractivity contribution is 7.18. The van der Waals surface area contributed by atoms with Crippen molar-refractivity contribution >= 4 is 28.2 Å². The van der Waals surface area contributed by atoms with Gasteiger partial charge < -0.3 is 16.0 Å². The van der Waals surface area contributed by atoms with E-state index in [0.717, 1.165) is 37.5 Å². The monoisotopic (exact) mass is 298 g/mol. The molecule has 0 aliphatic carbocycles. The molecular formula is C14H26N4OS. The second-order valence-electron chi connectivity index (χ2n) is 4.75. The number of amides is 1. The van der Waals surface area contributed by atoms with Gasteiger partial charge in [0, 0.05) is 19.1 Å². The molecule has 20 heavy (non-hydrogen) atoms. The SMILES string of the molecule is CCCC(CC)NC(=O)c1sc(N(CC)CC)nc1N. The van der Waals surface area contributed by atoms with Crippen LogP contribution in [-0.4, -0.2) is 30.0 Å². The van der Waals surface area contributed by atoms with Crippen molar-refractivity contribution < 1.29 is 4.79 Å². The number of thiazole rings is 1. The Morgan fingerprint density at radius 2 is 2.00 bits per heavy atom. The number of rotatable bonds is 8. The van der Waals surface area contributed by atoms with Crippen LogP contribution < -0.4 is 16.0 Å². The highest BCUT2D eigenvalue weighted by Crippen LogP contribution is 2.28. The Balaban J connectivity index is 2.83. The van der Waals surface area contributed by atoms with Gasteiger partial charge in [-0.3, -0.25) is 4.79 Å². The van der Waals surface area contributed by atoms with Gasteiger partial charge in [0.05, 0.1) is 0 Å². The first kappa shape index (κ1) is 16.8. The lowest BCUT2D eigenvalue weighted by atomic mass is 10.1. The molecule has 0 fully saturated rings. The van der Waals surface area contributed by atoms with Crippen LogP contribution in [0.5, 0.6) is 0 Å². The minimum absolute atomic E-state index is 0.0984. The van der Waals surface area contributed by atoms with Gasteiger partial charge in [0.2, 0.25) is 0 Å². The number of nitrogens with two attached hydrogens (primary N) is 1. The van der Waals surface area contributed by atoms with Crippen LogP contribution in [0.3, 0.4) is 0 Å². The van der Waals surface area contributed by atoms with Crippen LogP contribution in [-0.2, 0) is 0 Å². The molecule has 1 rings (SSSR count). The predicted molar refractivity (Wildman–Crippen MR) is 86.5 cm³/mol. The highest BCUT2D eigenvalue weighted by Gasteiger charge is 2.20. The fourth-order valence-corrected chi connectivity index (χ4v) is 3.11. The number of nitrogens with zero attached hydrogens (tertiary/aromatic N) is 2. The molecule has 1 unspecified atom stereocenters. The zero-order valence-electron chi connectivity index (χ0n) is 12.9. The molecule has 0 radical (unpaired) electrons. The number of aromatic nitrogens is 1. The van der Waals surface area contributed by atoms with Crippen LogP contribution in [0.4, 0.5) is 10.9 Å². The van der Waals surface area contributed by atoms with Crippen LogP contribution >= 0.6 is 11.3 Å². The minimum Gasteiger partial charge on any atom is -0.382 e. The Kier molecular flexibility index (Phi) is 6.78. The van der Waals surface area contributed by atoms with E-state index in [1.54, 1.807) is 0 Å². The van der Waals surface area contributed by atoms with Crippen LogP contribution in [0.25, 0.3) is 0 Å². The summed E-state index contributed by atoms with van der Waals surface area (Å²) in [5.74, 6) is 0.236. The minimum atomic E-state index is -0.0984. The number of carbonyl (C=O) groups excluding carboxylic acids is 1. The maximum Gasteiger partial charge on any atom is 0.265 e. The Morgan fingerprint density at radius 3 is 2.50 bits per heavy atom. The van der Waals surface area contributed by atoms with Crippen LogP contribution in [0.15, 0.2) is 0 Å². The molecule has 0 aliphatic rings. The van der Waals surface area contributed by atoms with E-state index in [-0.39, 0.29) is 11.9 Å². The summed E-state index contributed by atoms with van der Waals surface area (Å²) in [5, 5.41) is 3.87. The number of hydrogen-bond donors (Lipinski definition) is 2. The van der Waals surface area contributed by atoms with Crippen molar-refractivity contribution in [3.8, 4) is 0 Å². The van der Waals surface area contributed by atoms with Crippen molar-refractivity contribution in [1.82, 2.24) is 10.3 Å². The van der Waals surface area contributed by atoms with E-state index in [1.165, 1.54) is 11.3 Å². The van der Waals surface area contributed by atoms with Crippen molar-refractivity contribution in [2.75, 3.05) is 23.7 Å². The lowest BCUT2D eigenvalue weighted by Gasteiger charge is -2.16. The second kappa shape index (κ2) is 8.09. The number of carbonyl (C=O) groups is 1. The fourth-order valence-electron chi connectivity index (χ4n) is 2.09. The molecule has 1 atom stereocenters. The second-order valence-corrected chi connectivity index (χ2v) is 5.73. The first-order chi connectivity index (χ1) is 9.57. The Morgan fingerprint density at radius 1 is 1.35 bits per heavy atom. The summed E-state index contributed by atoms with van der Waals surface area (Å²) in [5.41, 5.74) is 5.89. The average molecular weight is 298 g/mol. The van der Waals surface area contributed by atoms with Gasteiger partial charge in [-0.15, -0.1) is 0 Å². The molecule has 0 aliphatic heterocycles. The summed E-state index contributed by atoms with van der Waals surface area (Å²) in [4.78, 5) is 19.2. The van der Waals surface area contributed by atoms with Crippen molar-refractivity contribution in [3.05, 3.63) is 4.88 Å². The zero-order chi connectivity index (χ0) is 15.1. The molecule has 1 aromatic heterocycles. The predicted octanol–water partition coefficient (Wildman–Crippen LogP) is 2.88. The molecule has 0 bridgehead atoms. The summed E-state index contributed by atoms with van der Waals surface area (Å²) in [6, 6.07) is 0.214. The summed E-state index contributed by atoms with van der Waals surface area (Å²) in [7, 11) is 0. The quantitative estimate of drug-likeness (QED) is 0.774. The van der Waals surface area contributed by atoms with Gasteiger partial charge in [0.25, 0.3) is 5.91 Å². The molecule has 0 spiro atoms. The van der Waals surface area contributed by atoms with Crippen molar-refractivity contribution in [1.29, 1.82) is 0 Å². The summed E-state index contributed by atoms with van der Waals surface area (Å²) < 4.78 is 0. The van der Waals surface area contributed by atoms with Gasteiger partial charge in [-0.1, -0.05) is 31.6 Å². The number of hydrogen-bond acceptors (Lipinski definition) is 5. The molecule has 1 heterocycles. The standard InChI is InChI=1S/C14H26N4OS/c1-5-9-10(6-2)16-13(19)11-12(15)17-14(20-11)18(7-3)8-4/h10H,5-9,15H2,1-4H3,(H,16,19). The largest absolute Gasteiger partial charge is 0.382 e. The molecular weight excluding hydrogens is 272 g/mol. The van der Waals surface area contributed by atoms with E-state index in [0.29, 0.717) is 10.7 Å². The van der Waals surface area contributed by atoms with Crippen molar-refractivity contribution in [3.63, 3.8) is 0 Å². The molecule has 3 N–H and O–H groups in total. The van der Waals surface area contributed by atoms with Crippen LogP contribution in [0, 0.1) is 0 Å². The molecule has 0 saturated carbocycles. The number of nitrogen functional groups attached to an aromatic ring is 1. The average Bonchev–Trinajstić information content (AvgIpc) is 2.81. The summed E-state index contributed by atoms with van der Waals surface area (Å²) >= 11 is 1.37. The maximum atomic E-state index is 12.3. The fraction of sp³-hybridized carbons (Fsp3) is 0.714. The third-order valence-electron chi connectivity index (χ3n) is 3.35. The maximum absolute atomic E-state index is 12.3. The van der Waals surface area contributed by atoms with E-state index >= 15 is 0 Å². The molecule has 0 saturated heterocycles. The van der Waals surface area contributed by atoms with E-state index in [9.17, 15) is 4.79 Å². The van der Waals surface area contributed by atoms with Gasteiger partial charge in [-0.05, 0) is 26.7 Å². The van der Waals surface area contributed by atoms with Crippen molar-refractivity contribution in [2.24, 2.45) is 0 Å². The van der Waals surface area contributed by atoms with Crippen LogP contribution in [0.1, 0.15) is 56.6 Å². The van der Waals surface area contributed by atoms with E-state index in [2.05, 4.69) is 42.9 Å². The normalized spacial score (nSPS) is 12.2. The van der Waals surface area contributed by atoms with Gasteiger partial charge >= 0.3 is 0 Å². The first-order valence-electron chi connectivity index (χ1n) is 7.39. The lowest BCUT2D eigenvalue weighted by molar-refractivity contribution is 0.0938. The molecule has 1 amide bonds. The van der Waals surface area contributed by atoms with Gasteiger partial charge in [-0.25, -0.2) is 4.98 Å². The molecule has 5 nitrogen and oxygen atoms in total. The van der Waals surface area contributed by atoms with Gasteiger partial charge in [0.1, 0.15) is 10.7 Å². The topological polar surface area (TPSA) is 71.2 Å². The van der Waals surface area contributed by atoms with Gasteiger partial charge in [0.15, 0.2) is 5.13 Å². The first-order valence-corrected chi connectivity index (χ1v) is 8.20. The highest BCUT2D eigenvalue weighted by atomic mass is 32.1. The van der Waals surface area contributed by atoms with Crippen LogP contribution in [0.2, 0.25) is 0 Å². The smallest absolute Gasteiger partial charge is 0.265 e. The van der Waals surface area contributed by atoms with E-state index in [1.807, 2.05) is 0 Å². The molecule has 6 heteroatoms. The number of anilines is 2. The van der Waals surface area contributed by atoms with E-state index in [4.69, 9.17) is 5.73 Å². The Bertz CT molecular complexity index is 429. The number of nitrogens with one attached hydrogen (secondary N) is 1. The Labute approximate surface area is 125 Å². The van der Waals surface area contributed by atoms with Gasteiger partial charge in [-0.2, -0.15) is 0 Å². The van der Waals surface area contributed by atoms with Crippen molar-refractivity contribution in [2.45, 2.75) is 53.0 Å². The lowest BCUT2D eigenvalue weighted by Crippen LogP contribution is -2.34. The summed E-state index contributed by atoms with van der Waals surface area (Å²) in [6.45, 7) is 10.0. The zero-order valence-corrected chi connectivity index (χ0v) is 13.7. The molecule has 114 valence electrons. The molecule has 1 aromatic rings. The third-order valence-corrected chi connectivity index (χ3v) is 4.48. The Hall–Kier alpha value is -1.30. The van der Waals surface area contributed by atoms with E-state index < -0.39 is 0 Å².